The third-order valence-electron chi connectivity index (χ3n) is 4.29. The highest BCUT2D eigenvalue weighted by atomic mass is 32.2. The van der Waals surface area contributed by atoms with E-state index in [0.717, 1.165) is 32.9 Å². The summed E-state index contributed by atoms with van der Waals surface area (Å²) in [5.41, 5.74) is 3.50. The zero-order valence-corrected chi connectivity index (χ0v) is 15.6. The first kappa shape index (κ1) is 17.4. The van der Waals surface area contributed by atoms with Crippen molar-refractivity contribution in [1.29, 1.82) is 0 Å². The summed E-state index contributed by atoms with van der Waals surface area (Å²) in [5, 5.41) is 3.87. The van der Waals surface area contributed by atoms with Gasteiger partial charge in [-0.25, -0.2) is 0 Å². The number of furan rings is 1. The van der Waals surface area contributed by atoms with Gasteiger partial charge in [-0.05, 0) is 48.9 Å². The molecule has 0 atom stereocenters. The third kappa shape index (κ3) is 3.88. The van der Waals surface area contributed by atoms with Gasteiger partial charge >= 0.3 is 0 Å². The predicted octanol–water partition coefficient (Wildman–Crippen LogP) is 5.68. The Bertz CT molecular complexity index is 1070. The Balaban J connectivity index is 1.43. The Labute approximate surface area is 161 Å². The van der Waals surface area contributed by atoms with Gasteiger partial charge in [-0.2, -0.15) is 0 Å². The molecule has 2 aromatic heterocycles. The number of carbonyl (C=O) groups is 1. The van der Waals surface area contributed by atoms with Crippen LogP contribution in [0.2, 0.25) is 0 Å². The number of anilines is 1. The molecule has 0 unspecified atom stereocenters. The number of rotatable bonds is 5. The summed E-state index contributed by atoms with van der Waals surface area (Å²) in [6.07, 6.45) is 3.65. The molecule has 2 heterocycles. The second-order valence-corrected chi connectivity index (χ2v) is 7.23. The number of nitrogens with zero attached hydrogens (tertiary/aromatic N) is 1. The molecular weight excluding hydrogens is 356 g/mol. The number of nitrogens with one attached hydrogen (secondary N) is 1. The molecule has 0 aliphatic rings. The summed E-state index contributed by atoms with van der Waals surface area (Å²) in [6.45, 7) is 1.90. The lowest BCUT2D eigenvalue weighted by Gasteiger charge is -2.06. The van der Waals surface area contributed by atoms with Crippen LogP contribution in [0.1, 0.15) is 21.7 Å². The van der Waals surface area contributed by atoms with Crippen LogP contribution in [-0.4, -0.2) is 10.9 Å². The maximum atomic E-state index is 12.6. The molecule has 27 heavy (non-hydrogen) atoms. The highest BCUT2D eigenvalue weighted by Gasteiger charge is 2.17. The van der Waals surface area contributed by atoms with Gasteiger partial charge in [0.15, 0.2) is 5.76 Å². The number of hydrogen-bond donors (Lipinski definition) is 1. The van der Waals surface area contributed by atoms with E-state index in [-0.39, 0.29) is 5.91 Å². The van der Waals surface area contributed by atoms with Crippen LogP contribution in [0, 0.1) is 6.92 Å². The van der Waals surface area contributed by atoms with Gasteiger partial charge in [0.05, 0.1) is 0 Å². The maximum Gasteiger partial charge on any atom is 0.291 e. The molecule has 0 saturated carbocycles. The number of para-hydroxylation sites is 1. The van der Waals surface area contributed by atoms with Crippen LogP contribution in [0.3, 0.4) is 0 Å². The highest BCUT2D eigenvalue weighted by molar-refractivity contribution is 7.98. The van der Waals surface area contributed by atoms with E-state index in [1.807, 2.05) is 67.7 Å². The van der Waals surface area contributed by atoms with Crippen molar-refractivity contribution in [2.24, 2.45) is 0 Å². The molecule has 4 nitrogen and oxygen atoms in total. The highest BCUT2D eigenvalue weighted by Crippen LogP contribution is 2.27. The Morgan fingerprint density at radius 2 is 1.89 bits per heavy atom. The van der Waals surface area contributed by atoms with E-state index in [1.165, 1.54) is 5.56 Å². The number of aromatic nitrogens is 1. The zero-order valence-electron chi connectivity index (χ0n) is 14.8. The lowest BCUT2D eigenvalue weighted by molar-refractivity contribution is 0.0998. The zero-order chi connectivity index (χ0) is 18.6. The predicted molar refractivity (Wildman–Crippen MR) is 109 cm³/mol. The molecule has 0 fully saturated rings. The standard InChI is InChI=1S/C22H18N2O2S/c1-15-19-6-2-3-7-20(19)26-21(15)22(25)24-17-8-10-18(11-9-17)27-14-16-5-4-12-23-13-16/h2-13H,14H2,1H3,(H,24,25). The van der Waals surface area contributed by atoms with Crippen molar-refractivity contribution < 1.29 is 9.21 Å². The molecule has 5 heteroatoms. The summed E-state index contributed by atoms with van der Waals surface area (Å²) >= 11 is 1.73. The van der Waals surface area contributed by atoms with Crippen LogP contribution in [0.25, 0.3) is 11.0 Å². The molecule has 1 amide bonds. The largest absolute Gasteiger partial charge is 0.451 e. The Morgan fingerprint density at radius 1 is 1.07 bits per heavy atom. The van der Waals surface area contributed by atoms with Gasteiger partial charge in [-0.15, -0.1) is 11.8 Å². The number of carbonyl (C=O) groups excluding carboxylic acids is 1. The van der Waals surface area contributed by atoms with Crippen molar-refractivity contribution in [3.05, 3.63) is 89.9 Å². The molecular formula is C22H18N2O2S. The van der Waals surface area contributed by atoms with Crippen molar-refractivity contribution >= 4 is 34.3 Å². The minimum atomic E-state index is -0.237. The summed E-state index contributed by atoms with van der Waals surface area (Å²) < 4.78 is 5.72. The van der Waals surface area contributed by atoms with E-state index in [9.17, 15) is 4.79 Å². The molecule has 0 bridgehead atoms. The van der Waals surface area contributed by atoms with E-state index >= 15 is 0 Å². The van der Waals surface area contributed by atoms with Crippen LogP contribution in [0.15, 0.2) is 82.4 Å². The molecule has 0 aliphatic carbocycles. The van der Waals surface area contributed by atoms with Crippen molar-refractivity contribution in [3.8, 4) is 0 Å². The number of benzene rings is 2. The lowest BCUT2D eigenvalue weighted by atomic mass is 10.1. The molecule has 0 radical (unpaired) electrons. The van der Waals surface area contributed by atoms with Crippen molar-refractivity contribution in [2.45, 2.75) is 17.6 Å². The lowest BCUT2D eigenvalue weighted by Crippen LogP contribution is -2.11. The van der Waals surface area contributed by atoms with Crippen LogP contribution in [0.4, 0.5) is 5.69 Å². The summed E-state index contributed by atoms with van der Waals surface area (Å²) in [7, 11) is 0. The van der Waals surface area contributed by atoms with Gasteiger partial charge < -0.3 is 9.73 Å². The fraction of sp³-hybridized carbons (Fsp3) is 0.0909. The van der Waals surface area contributed by atoms with E-state index in [1.54, 1.807) is 18.0 Å². The minimum absolute atomic E-state index is 0.237. The molecule has 0 aliphatic heterocycles. The first-order chi connectivity index (χ1) is 13.2. The Hall–Kier alpha value is -3.05. The summed E-state index contributed by atoms with van der Waals surface area (Å²) in [5.74, 6) is 0.975. The number of amides is 1. The second-order valence-electron chi connectivity index (χ2n) is 6.18. The number of hydrogen-bond acceptors (Lipinski definition) is 4. The first-order valence-corrected chi connectivity index (χ1v) is 9.60. The van der Waals surface area contributed by atoms with Gasteiger partial charge in [-0.1, -0.05) is 24.3 Å². The van der Waals surface area contributed by atoms with Gasteiger partial charge in [-0.3, -0.25) is 9.78 Å². The molecule has 2 aromatic carbocycles. The van der Waals surface area contributed by atoms with Gasteiger partial charge in [0, 0.05) is 39.7 Å². The number of aryl methyl sites for hydroxylation is 1. The molecule has 4 rings (SSSR count). The normalized spacial score (nSPS) is 10.9. The van der Waals surface area contributed by atoms with E-state index in [0.29, 0.717) is 5.76 Å². The van der Waals surface area contributed by atoms with Crippen molar-refractivity contribution in [1.82, 2.24) is 4.98 Å². The van der Waals surface area contributed by atoms with E-state index in [4.69, 9.17) is 4.42 Å². The second kappa shape index (κ2) is 7.68. The average Bonchev–Trinajstić information content (AvgIpc) is 3.05. The van der Waals surface area contributed by atoms with Crippen molar-refractivity contribution in [3.63, 3.8) is 0 Å². The SMILES string of the molecule is Cc1c(C(=O)Nc2ccc(SCc3cccnc3)cc2)oc2ccccc12. The minimum Gasteiger partial charge on any atom is -0.451 e. The molecule has 134 valence electrons. The van der Waals surface area contributed by atoms with E-state index < -0.39 is 0 Å². The van der Waals surface area contributed by atoms with Gasteiger partial charge in [0.1, 0.15) is 5.58 Å². The Morgan fingerprint density at radius 3 is 2.63 bits per heavy atom. The van der Waals surface area contributed by atoms with Gasteiger partial charge in [0.2, 0.25) is 0 Å². The topological polar surface area (TPSA) is 55.1 Å². The number of pyridine rings is 1. The van der Waals surface area contributed by atoms with Crippen LogP contribution < -0.4 is 5.32 Å². The molecule has 0 spiro atoms. The van der Waals surface area contributed by atoms with Crippen molar-refractivity contribution in [2.75, 3.05) is 5.32 Å². The molecule has 1 N–H and O–H groups in total. The number of thioether (sulfide) groups is 1. The smallest absolute Gasteiger partial charge is 0.291 e. The third-order valence-corrected chi connectivity index (χ3v) is 5.37. The number of fused-ring (bicyclic) bond motifs is 1. The molecule has 4 aromatic rings. The molecule has 0 saturated heterocycles. The summed E-state index contributed by atoms with van der Waals surface area (Å²) in [6, 6.07) is 19.5. The van der Waals surface area contributed by atoms with Crippen LogP contribution in [0.5, 0.6) is 0 Å². The van der Waals surface area contributed by atoms with Crippen LogP contribution in [-0.2, 0) is 5.75 Å². The fourth-order valence-electron chi connectivity index (χ4n) is 2.86. The Kier molecular flexibility index (Phi) is 4.94. The maximum absolute atomic E-state index is 12.6. The monoisotopic (exact) mass is 374 g/mol. The fourth-order valence-corrected chi connectivity index (χ4v) is 3.70. The van der Waals surface area contributed by atoms with Crippen LogP contribution >= 0.6 is 11.8 Å². The first-order valence-electron chi connectivity index (χ1n) is 8.62. The average molecular weight is 374 g/mol. The van der Waals surface area contributed by atoms with E-state index in [2.05, 4.69) is 16.4 Å². The summed E-state index contributed by atoms with van der Waals surface area (Å²) in [4.78, 5) is 17.8. The van der Waals surface area contributed by atoms with Gasteiger partial charge in [0.25, 0.3) is 5.91 Å². The quantitative estimate of drug-likeness (QED) is 0.457.